The molecule has 2 heterocycles. The molecule has 0 spiro atoms. The van der Waals surface area contributed by atoms with Gasteiger partial charge in [0.25, 0.3) is 12.9 Å². The SMILES string of the molecule is C.COc1ccc(OC=O)c(Cl)n1.O=COc1ccc(Cl)nc1Cl. The van der Waals surface area contributed by atoms with Gasteiger partial charge in [-0.15, -0.1) is 0 Å². The van der Waals surface area contributed by atoms with Crippen molar-refractivity contribution >= 4 is 47.7 Å². The molecule has 0 bridgehead atoms. The Morgan fingerprint density at radius 1 is 0.875 bits per heavy atom. The van der Waals surface area contributed by atoms with Gasteiger partial charge in [-0.3, -0.25) is 9.59 Å². The summed E-state index contributed by atoms with van der Waals surface area (Å²) in [5, 5.41) is 0.430. The molecule has 2 aromatic heterocycles. The number of carbonyl (C=O) groups is 2. The van der Waals surface area contributed by atoms with E-state index >= 15 is 0 Å². The molecule has 0 aliphatic heterocycles. The number of nitrogens with zero attached hydrogens (tertiary/aromatic N) is 2. The summed E-state index contributed by atoms with van der Waals surface area (Å²) in [7, 11) is 1.47. The predicted molar refractivity (Wildman–Crippen MR) is 90.2 cm³/mol. The summed E-state index contributed by atoms with van der Waals surface area (Å²) in [4.78, 5) is 27.2. The van der Waals surface area contributed by atoms with Crippen LogP contribution in [0.25, 0.3) is 0 Å². The van der Waals surface area contributed by atoms with E-state index in [9.17, 15) is 9.59 Å². The normalized spacial score (nSPS) is 8.83. The Morgan fingerprint density at radius 2 is 1.38 bits per heavy atom. The van der Waals surface area contributed by atoms with Crippen molar-refractivity contribution in [1.82, 2.24) is 9.97 Å². The molecular formula is C14H13Cl3N2O5. The van der Waals surface area contributed by atoms with Gasteiger partial charge in [0.2, 0.25) is 5.88 Å². The second-order valence-electron chi connectivity index (χ2n) is 3.49. The summed E-state index contributed by atoms with van der Waals surface area (Å²) >= 11 is 16.6. The second-order valence-corrected chi connectivity index (χ2v) is 4.60. The molecule has 0 aliphatic rings. The topological polar surface area (TPSA) is 87.6 Å². The molecule has 0 atom stereocenters. The third-order valence-corrected chi connectivity index (χ3v) is 2.88. The van der Waals surface area contributed by atoms with E-state index in [2.05, 4.69) is 19.4 Å². The third kappa shape index (κ3) is 6.99. The van der Waals surface area contributed by atoms with E-state index in [1.54, 1.807) is 6.07 Å². The highest BCUT2D eigenvalue weighted by atomic mass is 35.5. The Bertz CT molecular complexity index is 685. The number of hydrogen-bond donors (Lipinski definition) is 0. The van der Waals surface area contributed by atoms with E-state index in [-0.39, 0.29) is 47.3 Å². The first-order chi connectivity index (χ1) is 11.0. The van der Waals surface area contributed by atoms with Gasteiger partial charge in [0.05, 0.1) is 7.11 Å². The Labute approximate surface area is 153 Å². The molecule has 0 saturated heterocycles. The van der Waals surface area contributed by atoms with E-state index in [0.717, 1.165) is 0 Å². The van der Waals surface area contributed by atoms with Crippen LogP contribution in [0.5, 0.6) is 17.4 Å². The van der Waals surface area contributed by atoms with Crippen molar-refractivity contribution in [2.75, 3.05) is 7.11 Å². The smallest absolute Gasteiger partial charge is 0.298 e. The first-order valence-corrected chi connectivity index (χ1v) is 6.88. The highest BCUT2D eigenvalue weighted by molar-refractivity contribution is 6.33. The number of aromatic nitrogens is 2. The number of carbonyl (C=O) groups excluding carboxylic acids is 2. The van der Waals surface area contributed by atoms with Crippen LogP contribution >= 0.6 is 34.8 Å². The highest BCUT2D eigenvalue weighted by Crippen LogP contribution is 2.24. The van der Waals surface area contributed by atoms with Crippen LogP contribution in [0.4, 0.5) is 0 Å². The monoisotopic (exact) mass is 394 g/mol. The highest BCUT2D eigenvalue weighted by Gasteiger charge is 2.04. The minimum Gasteiger partial charge on any atom is -0.481 e. The van der Waals surface area contributed by atoms with Crippen LogP contribution in [-0.4, -0.2) is 30.0 Å². The maximum absolute atomic E-state index is 9.94. The minimum atomic E-state index is 0. The minimum absolute atomic E-state index is 0. The van der Waals surface area contributed by atoms with E-state index < -0.39 is 0 Å². The molecule has 0 aliphatic carbocycles. The molecule has 0 aromatic carbocycles. The Kier molecular flexibility index (Phi) is 10.4. The second kappa shape index (κ2) is 11.4. The molecule has 2 aromatic rings. The quantitative estimate of drug-likeness (QED) is 0.561. The molecule has 0 radical (unpaired) electrons. The molecule has 130 valence electrons. The Morgan fingerprint density at radius 3 is 1.79 bits per heavy atom. The van der Waals surface area contributed by atoms with Gasteiger partial charge in [-0.1, -0.05) is 42.2 Å². The third-order valence-electron chi connectivity index (χ3n) is 2.13. The first kappa shape index (κ1) is 21.9. The van der Waals surface area contributed by atoms with Gasteiger partial charge < -0.3 is 14.2 Å². The fourth-order valence-corrected chi connectivity index (χ4v) is 1.78. The lowest BCUT2D eigenvalue weighted by Crippen LogP contribution is -1.93. The largest absolute Gasteiger partial charge is 0.481 e. The molecule has 0 saturated carbocycles. The number of rotatable bonds is 5. The van der Waals surface area contributed by atoms with Gasteiger partial charge in [-0.2, -0.15) is 4.98 Å². The van der Waals surface area contributed by atoms with Crippen LogP contribution in [0.3, 0.4) is 0 Å². The van der Waals surface area contributed by atoms with Gasteiger partial charge in [0, 0.05) is 6.07 Å². The molecule has 24 heavy (non-hydrogen) atoms. The van der Waals surface area contributed by atoms with Crippen LogP contribution in [0.15, 0.2) is 24.3 Å². The molecule has 0 unspecified atom stereocenters. The lowest BCUT2D eigenvalue weighted by Gasteiger charge is -2.01. The van der Waals surface area contributed by atoms with Gasteiger partial charge in [-0.25, -0.2) is 4.98 Å². The van der Waals surface area contributed by atoms with Crippen LogP contribution < -0.4 is 14.2 Å². The van der Waals surface area contributed by atoms with Crippen molar-refractivity contribution in [2.45, 2.75) is 7.43 Å². The molecule has 2 rings (SSSR count). The summed E-state index contributed by atoms with van der Waals surface area (Å²) < 4.78 is 13.8. The van der Waals surface area contributed by atoms with Crippen LogP contribution in [0, 0.1) is 0 Å². The summed E-state index contributed by atoms with van der Waals surface area (Å²) in [6.45, 7) is 0.562. The zero-order valence-electron chi connectivity index (χ0n) is 11.5. The van der Waals surface area contributed by atoms with Crippen LogP contribution in [0.2, 0.25) is 15.5 Å². The zero-order valence-corrected chi connectivity index (χ0v) is 13.8. The van der Waals surface area contributed by atoms with E-state index in [0.29, 0.717) is 5.88 Å². The van der Waals surface area contributed by atoms with Crippen molar-refractivity contribution in [3.8, 4) is 17.4 Å². The fourth-order valence-electron chi connectivity index (χ4n) is 1.20. The van der Waals surface area contributed by atoms with Crippen molar-refractivity contribution in [3.63, 3.8) is 0 Å². The zero-order chi connectivity index (χ0) is 17.2. The maximum atomic E-state index is 9.94. The van der Waals surface area contributed by atoms with Crippen molar-refractivity contribution < 1.29 is 23.8 Å². The van der Waals surface area contributed by atoms with Crippen LogP contribution in [0.1, 0.15) is 7.43 Å². The fraction of sp³-hybridized carbons (Fsp3) is 0.143. The average Bonchev–Trinajstić information content (AvgIpc) is 2.53. The number of pyridine rings is 2. The van der Waals surface area contributed by atoms with Gasteiger partial charge in [-0.05, 0) is 18.2 Å². The average molecular weight is 396 g/mol. The van der Waals surface area contributed by atoms with E-state index in [4.69, 9.17) is 39.5 Å². The number of hydrogen-bond acceptors (Lipinski definition) is 7. The number of methoxy groups -OCH3 is 1. The maximum Gasteiger partial charge on any atom is 0.298 e. The molecular weight excluding hydrogens is 383 g/mol. The van der Waals surface area contributed by atoms with Crippen molar-refractivity contribution in [3.05, 3.63) is 39.7 Å². The van der Waals surface area contributed by atoms with E-state index in [1.165, 1.54) is 25.3 Å². The molecule has 0 N–H and O–H groups in total. The molecule has 10 heteroatoms. The molecule has 7 nitrogen and oxygen atoms in total. The predicted octanol–water partition coefficient (Wildman–Crippen LogP) is 3.84. The van der Waals surface area contributed by atoms with Crippen molar-refractivity contribution in [2.24, 2.45) is 0 Å². The molecule has 0 fully saturated rings. The van der Waals surface area contributed by atoms with Crippen molar-refractivity contribution in [1.29, 1.82) is 0 Å². The van der Waals surface area contributed by atoms with Crippen LogP contribution in [-0.2, 0) is 9.59 Å². The summed E-state index contributed by atoms with van der Waals surface area (Å²) in [6, 6.07) is 5.99. The lowest BCUT2D eigenvalue weighted by molar-refractivity contribution is -0.121. The summed E-state index contributed by atoms with van der Waals surface area (Å²) in [5.74, 6) is 0.789. The lowest BCUT2D eigenvalue weighted by atomic mass is 10.4. The Balaban J connectivity index is 0.000000425. The standard InChI is InChI=1S/C7H6ClNO3.C6H3Cl2NO2.CH4/c1-11-6-3-2-5(12-4-10)7(8)9-6;7-5-2-1-4(11-3-10)6(8)9-5;/h2-4H,1H3;1-3H;1H4. The summed E-state index contributed by atoms with van der Waals surface area (Å²) in [6.07, 6.45) is 0. The first-order valence-electron chi connectivity index (χ1n) is 5.75. The van der Waals surface area contributed by atoms with E-state index in [1.807, 2.05) is 0 Å². The summed E-state index contributed by atoms with van der Waals surface area (Å²) in [5.41, 5.74) is 0. The van der Waals surface area contributed by atoms with Gasteiger partial charge in [0.1, 0.15) is 5.15 Å². The number of halogens is 3. The Hall–Kier alpha value is -2.09. The number of ether oxygens (including phenoxy) is 3. The molecule has 0 amide bonds. The van der Waals surface area contributed by atoms with Gasteiger partial charge >= 0.3 is 0 Å². The van der Waals surface area contributed by atoms with Gasteiger partial charge in [0.15, 0.2) is 21.8 Å².